The van der Waals surface area contributed by atoms with Crippen LogP contribution in [-0.2, 0) is 0 Å². The first kappa shape index (κ1) is 20.9. The Kier molecular flexibility index (Phi) is 5.11. The second-order valence-electron chi connectivity index (χ2n) is 8.23. The summed E-state index contributed by atoms with van der Waals surface area (Å²) in [4.78, 5) is 17.8. The van der Waals surface area contributed by atoms with E-state index in [4.69, 9.17) is 4.74 Å². The molecule has 3 aromatic heterocycles. The van der Waals surface area contributed by atoms with Gasteiger partial charge >= 0.3 is 0 Å². The van der Waals surface area contributed by atoms with E-state index in [9.17, 15) is 4.39 Å². The number of rotatable bonds is 4. The van der Waals surface area contributed by atoms with Crippen molar-refractivity contribution in [1.82, 2.24) is 19.9 Å². The molecule has 0 amide bonds. The van der Waals surface area contributed by atoms with Crippen LogP contribution in [0.15, 0.2) is 97.6 Å². The van der Waals surface area contributed by atoms with Gasteiger partial charge in [0.15, 0.2) is 0 Å². The molecule has 0 aliphatic carbocycles. The molecule has 0 aliphatic heterocycles. The van der Waals surface area contributed by atoms with Crippen molar-refractivity contribution < 1.29 is 9.13 Å². The third kappa shape index (κ3) is 3.95. The van der Waals surface area contributed by atoms with Crippen LogP contribution in [0.25, 0.3) is 44.2 Å². The Hall–Kier alpha value is -4.71. The molecule has 0 fully saturated rings. The van der Waals surface area contributed by atoms with Gasteiger partial charge in [0.1, 0.15) is 17.9 Å². The molecule has 168 valence electrons. The van der Waals surface area contributed by atoms with E-state index in [1.165, 1.54) is 12.4 Å². The molecular weight excluding hydrogens is 439 g/mol. The van der Waals surface area contributed by atoms with E-state index in [1.54, 1.807) is 25.4 Å². The Morgan fingerprint density at radius 3 is 2.46 bits per heavy atom. The third-order valence-corrected chi connectivity index (χ3v) is 5.94. The minimum absolute atomic E-state index is 0.236. The van der Waals surface area contributed by atoms with Gasteiger partial charge in [-0.05, 0) is 78.7 Å². The molecule has 6 rings (SSSR count). The zero-order valence-electron chi connectivity index (χ0n) is 18.8. The summed E-state index contributed by atoms with van der Waals surface area (Å²) in [6.07, 6.45) is 5.00. The predicted octanol–water partition coefficient (Wildman–Crippen LogP) is 7.15. The molecule has 0 saturated heterocycles. The van der Waals surface area contributed by atoms with Crippen molar-refractivity contribution in [3.63, 3.8) is 0 Å². The van der Waals surface area contributed by atoms with Gasteiger partial charge in [-0.3, -0.25) is 9.97 Å². The first-order chi connectivity index (χ1) is 17.2. The van der Waals surface area contributed by atoms with Gasteiger partial charge in [0.25, 0.3) is 0 Å². The van der Waals surface area contributed by atoms with Crippen molar-refractivity contribution in [2.75, 3.05) is 0 Å². The van der Waals surface area contributed by atoms with Gasteiger partial charge in [-0.25, -0.2) is 14.4 Å². The van der Waals surface area contributed by atoms with Crippen molar-refractivity contribution in [3.05, 3.63) is 109 Å². The molecule has 0 saturated carbocycles. The van der Waals surface area contributed by atoms with Gasteiger partial charge in [-0.1, -0.05) is 18.2 Å². The number of nitrogens with zero attached hydrogens (tertiary/aromatic N) is 4. The lowest BCUT2D eigenvalue weighted by atomic mass is 9.97. The number of hydrogen-bond donors (Lipinski definition) is 0. The fourth-order valence-corrected chi connectivity index (χ4v) is 4.17. The summed E-state index contributed by atoms with van der Waals surface area (Å²) in [6.45, 7) is 1.75. The molecule has 0 unspecified atom stereocenters. The Bertz CT molecular complexity index is 1720. The molecule has 3 heterocycles. The second kappa shape index (κ2) is 8.57. The van der Waals surface area contributed by atoms with E-state index in [0.29, 0.717) is 17.2 Å². The van der Waals surface area contributed by atoms with Crippen molar-refractivity contribution in [2.24, 2.45) is 0 Å². The summed E-state index contributed by atoms with van der Waals surface area (Å²) < 4.78 is 20.1. The minimum atomic E-state index is -0.236. The van der Waals surface area contributed by atoms with Gasteiger partial charge in [0.2, 0.25) is 5.88 Å². The maximum absolute atomic E-state index is 13.9. The Morgan fingerprint density at radius 1 is 0.714 bits per heavy atom. The fraction of sp³-hybridized carbons (Fsp3) is 0.0345. The largest absolute Gasteiger partial charge is 0.438 e. The number of aryl methyl sites for hydroxylation is 1. The van der Waals surface area contributed by atoms with E-state index in [-0.39, 0.29) is 5.82 Å². The standard InChI is InChI=1S/C29H19FN4O/c1-18-14-21(6-9-25(18)30)28-23(5-3-13-32-28)19-7-10-27-24(16-19)29(34-17-33-27)35-22-8-11-26-20(15-22)4-2-12-31-26/h2-17H,1H3. The lowest BCUT2D eigenvalue weighted by Gasteiger charge is -2.12. The molecule has 3 aromatic carbocycles. The van der Waals surface area contributed by atoms with Gasteiger partial charge < -0.3 is 4.74 Å². The summed E-state index contributed by atoms with van der Waals surface area (Å²) in [6, 6.07) is 24.5. The van der Waals surface area contributed by atoms with E-state index < -0.39 is 0 Å². The average molecular weight is 458 g/mol. The van der Waals surface area contributed by atoms with Crippen LogP contribution in [-0.4, -0.2) is 19.9 Å². The van der Waals surface area contributed by atoms with E-state index >= 15 is 0 Å². The Labute approximate surface area is 200 Å². The van der Waals surface area contributed by atoms with Crippen LogP contribution in [0.1, 0.15) is 5.56 Å². The average Bonchev–Trinajstić information content (AvgIpc) is 2.90. The van der Waals surface area contributed by atoms with Crippen LogP contribution in [0.2, 0.25) is 0 Å². The summed E-state index contributed by atoms with van der Waals surface area (Å²) in [5, 5.41) is 1.76. The highest BCUT2D eigenvalue weighted by Crippen LogP contribution is 2.35. The summed E-state index contributed by atoms with van der Waals surface area (Å²) in [5.41, 5.74) is 5.73. The van der Waals surface area contributed by atoms with Crippen molar-refractivity contribution in [3.8, 4) is 34.0 Å². The summed E-state index contributed by atoms with van der Waals surface area (Å²) >= 11 is 0. The zero-order valence-corrected chi connectivity index (χ0v) is 18.8. The lowest BCUT2D eigenvalue weighted by molar-refractivity contribution is 0.469. The highest BCUT2D eigenvalue weighted by Gasteiger charge is 2.13. The van der Waals surface area contributed by atoms with Crippen molar-refractivity contribution in [2.45, 2.75) is 6.92 Å². The molecule has 35 heavy (non-hydrogen) atoms. The quantitative estimate of drug-likeness (QED) is 0.281. The van der Waals surface area contributed by atoms with Crippen LogP contribution in [0.4, 0.5) is 4.39 Å². The predicted molar refractivity (Wildman–Crippen MR) is 135 cm³/mol. The van der Waals surface area contributed by atoms with Crippen LogP contribution in [0.3, 0.4) is 0 Å². The topological polar surface area (TPSA) is 60.8 Å². The van der Waals surface area contributed by atoms with E-state index in [0.717, 1.165) is 44.2 Å². The molecular formula is C29H19FN4O. The summed E-state index contributed by atoms with van der Waals surface area (Å²) in [7, 11) is 0. The van der Waals surface area contributed by atoms with Gasteiger partial charge in [0, 0.05) is 28.9 Å². The fourth-order valence-electron chi connectivity index (χ4n) is 4.17. The molecule has 0 N–H and O–H groups in total. The SMILES string of the molecule is Cc1cc(-c2ncccc2-c2ccc3ncnc(Oc4ccc5ncccc5c4)c3c2)ccc1F. The zero-order chi connectivity index (χ0) is 23.8. The van der Waals surface area contributed by atoms with Crippen LogP contribution < -0.4 is 4.74 Å². The number of pyridine rings is 2. The number of halogens is 1. The maximum atomic E-state index is 13.9. The lowest BCUT2D eigenvalue weighted by Crippen LogP contribution is -1.94. The third-order valence-electron chi connectivity index (χ3n) is 5.94. The molecule has 0 radical (unpaired) electrons. The first-order valence-corrected chi connectivity index (χ1v) is 11.1. The smallest absolute Gasteiger partial charge is 0.230 e. The summed E-state index contributed by atoms with van der Waals surface area (Å²) in [5.74, 6) is 0.892. The molecule has 0 bridgehead atoms. The number of aromatic nitrogens is 4. The molecule has 5 nitrogen and oxygen atoms in total. The Balaban J connectivity index is 1.44. The van der Waals surface area contributed by atoms with Crippen LogP contribution in [0, 0.1) is 12.7 Å². The highest BCUT2D eigenvalue weighted by atomic mass is 19.1. The molecule has 6 heteroatoms. The molecule has 0 atom stereocenters. The Morgan fingerprint density at radius 2 is 1.54 bits per heavy atom. The van der Waals surface area contributed by atoms with Gasteiger partial charge in [-0.15, -0.1) is 0 Å². The van der Waals surface area contributed by atoms with Crippen molar-refractivity contribution in [1.29, 1.82) is 0 Å². The minimum Gasteiger partial charge on any atom is -0.438 e. The molecule has 0 aliphatic rings. The highest BCUT2D eigenvalue weighted by molar-refractivity contribution is 5.91. The van der Waals surface area contributed by atoms with Gasteiger partial charge in [0.05, 0.1) is 22.1 Å². The number of benzene rings is 3. The van der Waals surface area contributed by atoms with Crippen LogP contribution in [0.5, 0.6) is 11.6 Å². The normalized spacial score (nSPS) is 11.1. The second-order valence-corrected chi connectivity index (χ2v) is 8.23. The number of hydrogen-bond acceptors (Lipinski definition) is 5. The molecule has 6 aromatic rings. The maximum Gasteiger partial charge on any atom is 0.230 e. The van der Waals surface area contributed by atoms with E-state index in [2.05, 4.69) is 19.9 Å². The van der Waals surface area contributed by atoms with Crippen LogP contribution >= 0.6 is 0 Å². The van der Waals surface area contributed by atoms with Gasteiger partial charge in [-0.2, -0.15) is 0 Å². The monoisotopic (exact) mass is 458 g/mol. The number of fused-ring (bicyclic) bond motifs is 2. The van der Waals surface area contributed by atoms with E-state index in [1.807, 2.05) is 66.7 Å². The first-order valence-electron chi connectivity index (χ1n) is 11.1. The molecule has 0 spiro atoms. The van der Waals surface area contributed by atoms with Crippen molar-refractivity contribution >= 4 is 21.8 Å². The number of ether oxygens (including phenoxy) is 1.